The quantitative estimate of drug-likeness (QED) is 0.891. The second-order valence-corrected chi connectivity index (χ2v) is 5.02. The largest absolute Gasteiger partial charge is 0.358 e. The zero-order chi connectivity index (χ0) is 15.9. The van der Waals surface area contributed by atoms with Gasteiger partial charge in [0.2, 0.25) is 0 Å². The highest BCUT2D eigenvalue weighted by atomic mass is 19.1. The fraction of sp³-hybridized carbons (Fsp3) is 0.312. The molecule has 2 rings (SSSR count). The Hall–Kier alpha value is -2.50. The van der Waals surface area contributed by atoms with E-state index in [0.29, 0.717) is 5.82 Å². The van der Waals surface area contributed by atoms with Gasteiger partial charge in [0.1, 0.15) is 5.82 Å². The van der Waals surface area contributed by atoms with Gasteiger partial charge in [0, 0.05) is 19.2 Å². The number of nitrogens with one attached hydrogen (secondary N) is 1. The molecule has 116 valence electrons. The minimum absolute atomic E-state index is 0.242. The lowest BCUT2D eigenvalue weighted by atomic mass is 10.2. The van der Waals surface area contributed by atoms with E-state index in [4.69, 9.17) is 0 Å². The summed E-state index contributed by atoms with van der Waals surface area (Å²) in [4.78, 5) is 14.0. The number of rotatable bonds is 6. The van der Waals surface area contributed by atoms with Crippen molar-refractivity contribution in [3.63, 3.8) is 0 Å². The van der Waals surface area contributed by atoms with E-state index < -0.39 is 11.7 Å². The molecule has 0 spiro atoms. The van der Waals surface area contributed by atoms with Crippen LogP contribution < -0.4 is 10.2 Å². The number of carbonyl (C=O) groups is 1. The van der Waals surface area contributed by atoms with Gasteiger partial charge in [-0.3, -0.25) is 4.79 Å². The highest BCUT2D eigenvalue weighted by Gasteiger charge is 2.09. The lowest BCUT2D eigenvalue weighted by Crippen LogP contribution is -2.20. The van der Waals surface area contributed by atoms with Crippen molar-refractivity contribution in [2.24, 2.45) is 0 Å². The van der Waals surface area contributed by atoms with Gasteiger partial charge in [-0.2, -0.15) is 0 Å². The van der Waals surface area contributed by atoms with Crippen LogP contribution >= 0.6 is 0 Å². The molecule has 1 aromatic carbocycles. The van der Waals surface area contributed by atoms with Crippen LogP contribution in [0.2, 0.25) is 0 Å². The van der Waals surface area contributed by atoms with Crippen molar-refractivity contribution >= 4 is 17.5 Å². The molecule has 1 aromatic heterocycles. The number of benzene rings is 1. The zero-order valence-corrected chi connectivity index (χ0v) is 12.7. The van der Waals surface area contributed by atoms with E-state index in [0.717, 1.165) is 25.2 Å². The number of aromatic nitrogens is 2. The number of hydrogen-bond acceptors (Lipinski definition) is 4. The van der Waals surface area contributed by atoms with Gasteiger partial charge in [-0.15, -0.1) is 10.2 Å². The standard InChI is InChI=1S/C16H19FN4O/c1-3-4-10-21(2)15-9-8-14(19-20-15)18-16(22)12-6-5-7-13(17)11-12/h5-9,11H,3-4,10H2,1-2H3,(H,18,19,22). The average molecular weight is 302 g/mol. The van der Waals surface area contributed by atoms with Crippen LogP contribution in [0, 0.1) is 5.82 Å². The molecule has 2 aromatic rings. The Labute approximate surface area is 129 Å². The van der Waals surface area contributed by atoms with Crippen molar-refractivity contribution in [3.05, 3.63) is 47.8 Å². The monoisotopic (exact) mass is 302 g/mol. The van der Waals surface area contributed by atoms with Crippen molar-refractivity contribution in [3.8, 4) is 0 Å². The van der Waals surface area contributed by atoms with Crippen LogP contribution in [-0.2, 0) is 0 Å². The summed E-state index contributed by atoms with van der Waals surface area (Å²) < 4.78 is 13.1. The van der Waals surface area contributed by atoms with Crippen LogP contribution in [0.25, 0.3) is 0 Å². The molecule has 0 bridgehead atoms. The molecule has 22 heavy (non-hydrogen) atoms. The van der Waals surface area contributed by atoms with Crippen molar-refractivity contribution in [1.29, 1.82) is 0 Å². The van der Waals surface area contributed by atoms with Gasteiger partial charge in [0.05, 0.1) is 0 Å². The number of anilines is 2. The predicted octanol–water partition coefficient (Wildman–Crippen LogP) is 3.10. The second kappa shape index (κ2) is 7.49. The number of unbranched alkanes of at least 4 members (excludes halogenated alkanes) is 1. The molecule has 0 atom stereocenters. The molecule has 5 nitrogen and oxygen atoms in total. The van der Waals surface area contributed by atoms with Gasteiger partial charge in [0.25, 0.3) is 5.91 Å². The maximum absolute atomic E-state index is 13.1. The number of halogens is 1. The minimum atomic E-state index is -0.452. The number of carbonyl (C=O) groups excluding carboxylic acids is 1. The first kappa shape index (κ1) is 15.9. The maximum atomic E-state index is 13.1. The Balaban J connectivity index is 2.00. The lowest BCUT2D eigenvalue weighted by molar-refractivity contribution is 0.102. The minimum Gasteiger partial charge on any atom is -0.358 e. The van der Waals surface area contributed by atoms with Crippen molar-refractivity contribution < 1.29 is 9.18 Å². The topological polar surface area (TPSA) is 58.1 Å². The molecule has 0 saturated carbocycles. The molecule has 0 aliphatic carbocycles. The Morgan fingerprint density at radius 2 is 2.09 bits per heavy atom. The Morgan fingerprint density at radius 1 is 1.27 bits per heavy atom. The molecule has 1 amide bonds. The first-order valence-corrected chi connectivity index (χ1v) is 7.22. The van der Waals surface area contributed by atoms with Crippen LogP contribution in [0.3, 0.4) is 0 Å². The number of hydrogen-bond donors (Lipinski definition) is 1. The smallest absolute Gasteiger partial charge is 0.256 e. The van der Waals surface area contributed by atoms with E-state index in [2.05, 4.69) is 22.4 Å². The third-order valence-electron chi connectivity index (χ3n) is 3.22. The molecular formula is C16H19FN4O. The Kier molecular flexibility index (Phi) is 5.41. The maximum Gasteiger partial charge on any atom is 0.256 e. The van der Waals surface area contributed by atoms with Crippen LogP contribution in [-0.4, -0.2) is 29.7 Å². The van der Waals surface area contributed by atoms with E-state index in [9.17, 15) is 9.18 Å². The fourth-order valence-corrected chi connectivity index (χ4v) is 1.92. The molecule has 0 fully saturated rings. The summed E-state index contributed by atoms with van der Waals surface area (Å²) >= 11 is 0. The molecular weight excluding hydrogens is 283 g/mol. The van der Waals surface area contributed by atoms with E-state index in [1.807, 2.05) is 11.9 Å². The van der Waals surface area contributed by atoms with Crippen molar-refractivity contribution in [2.45, 2.75) is 19.8 Å². The molecule has 1 N–H and O–H groups in total. The highest BCUT2D eigenvalue weighted by Crippen LogP contribution is 2.12. The lowest BCUT2D eigenvalue weighted by Gasteiger charge is -2.16. The SMILES string of the molecule is CCCCN(C)c1ccc(NC(=O)c2cccc(F)c2)nn1. The van der Waals surface area contributed by atoms with E-state index in [1.54, 1.807) is 18.2 Å². The summed E-state index contributed by atoms with van der Waals surface area (Å²) in [6, 6.07) is 8.97. The third kappa shape index (κ3) is 4.25. The van der Waals surface area contributed by atoms with E-state index >= 15 is 0 Å². The van der Waals surface area contributed by atoms with Gasteiger partial charge in [-0.05, 0) is 36.8 Å². The number of nitrogens with zero attached hydrogens (tertiary/aromatic N) is 3. The van der Waals surface area contributed by atoms with E-state index in [-0.39, 0.29) is 5.56 Å². The van der Waals surface area contributed by atoms with Gasteiger partial charge in [-0.25, -0.2) is 4.39 Å². The summed E-state index contributed by atoms with van der Waals surface area (Å²) in [5.74, 6) is 0.214. The normalized spacial score (nSPS) is 10.3. The van der Waals surface area contributed by atoms with Gasteiger partial charge in [-0.1, -0.05) is 19.4 Å². The molecule has 0 radical (unpaired) electrons. The molecule has 1 heterocycles. The molecule has 0 saturated heterocycles. The third-order valence-corrected chi connectivity index (χ3v) is 3.22. The molecule has 0 aliphatic heterocycles. The first-order chi connectivity index (χ1) is 10.6. The summed E-state index contributed by atoms with van der Waals surface area (Å²) in [6.07, 6.45) is 2.19. The average Bonchev–Trinajstić information content (AvgIpc) is 2.53. The highest BCUT2D eigenvalue weighted by molar-refractivity contribution is 6.03. The summed E-state index contributed by atoms with van der Waals surface area (Å²) in [6.45, 7) is 3.03. The van der Waals surface area contributed by atoms with Crippen LogP contribution in [0.1, 0.15) is 30.1 Å². The summed E-state index contributed by atoms with van der Waals surface area (Å²) in [5.41, 5.74) is 0.242. The van der Waals surface area contributed by atoms with Crippen LogP contribution in [0.4, 0.5) is 16.0 Å². The zero-order valence-electron chi connectivity index (χ0n) is 12.7. The molecule has 6 heteroatoms. The van der Waals surface area contributed by atoms with Crippen LogP contribution in [0.5, 0.6) is 0 Å². The predicted molar refractivity (Wildman–Crippen MR) is 84.6 cm³/mol. The van der Waals surface area contributed by atoms with Gasteiger partial charge >= 0.3 is 0 Å². The second-order valence-electron chi connectivity index (χ2n) is 5.02. The van der Waals surface area contributed by atoms with Crippen LogP contribution in [0.15, 0.2) is 36.4 Å². The van der Waals surface area contributed by atoms with Gasteiger partial charge in [0.15, 0.2) is 11.6 Å². The summed E-state index contributed by atoms with van der Waals surface area (Å²) in [5, 5.41) is 10.7. The molecule has 0 aliphatic rings. The number of amides is 1. The molecule has 0 unspecified atom stereocenters. The fourth-order valence-electron chi connectivity index (χ4n) is 1.92. The van der Waals surface area contributed by atoms with Gasteiger partial charge < -0.3 is 10.2 Å². The Morgan fingerprint density at radius 3 is 2.73 bits per heavy atom. The van der Waals surface area contributed by atoms with Crippen molar-refractivity contribution in [2.75, 3.05) is 23.8 Å². The Bertz CT molecular complexity index is 630. The van der Waals surface area contributed by atoms with E-state index in [1.165, 1.54) is 18.2 Å². The first-order valence-electron chi connectivity index (χ1n) is 7.22. The summed E-state index contributed by atoms with van der Waals surface area (Å²) in [7, 11) is 1.95. The van der Waals surface area contributed by atoms with Crippen molar-refractivity contribution in [1.82, 2.24) is 10.2 Å².